The second-order valence-electron chi connectivity index (χ2n) is 8.18. The van der Waals surface area contributed by atoms with E-state index in [-0.39, 0.29) is 0 Å². The molecule has 0 spiro atoms. The van der Waals surface area contributed by atoms with Crippen molar-refractivity contribution < 1.29 is 9.90 Å². The van der Waals surface area contributed by atoms with Crippen LogP contribution in [0.15, 0.2) is 0 Å². The third-order valence-electron chi connectivity index (χ3n) is 5.38. The van der Waals surface area contributed by atoms with Crippen LogP contribution in [0.5, 0.6) is 0 Å². The predicted octanol–water partition coefficient (Wildman–Crippen LogP) is 6.38. The van der Waals surface area contributed by atoms with Crippen molar-refractivity contribution in [2.75, 3.05) is 24.6 Å². The average Bonchev–Trinajstić information content (AvgIpc) is 2.61. The standard InChI is InChI=1S/C16H36P.C6H12O2/c1-5-9-13-17(14-10-6-2,15-11-7-3)16-12-8-4;1-4-6(2,3)5(7)8/h5-16H2,1-4H3;4H2,1-3H3,(H,7,8)/q+1;/p-1. The summed E-state index contributed by atoms with van der Waals surface area (Å²) in [6.07, 6.45) is 18.6. The summed E-state index contributed by atoms with van der Waals surface area (Å²) >= 11 is 0. The molecule has 0 fully saturated rings. The first kappa shape index (κ1) is 27.1. The lowest BCUT2D eigenvalue weighted by molar-refractivity contribution is -0.317. The Morgan fingerprint density at radius 1 is 0.720 bits per heavy atom. The topological polar surface area (TPSA) is 40.1 Å². The number of carboxylic acids is 1. The van der Waals surface area contributed by atoms with Crippen LogP contribution >= 0.6 is 7.26 Å². The normalized spacial score (nSPS) is 11.8. The van der Waals surface area contributed by atoms with Crippen LogP contribution in [-0.2, 0) is 4.79 Å². The first-order valence-corrected chi connectivity index (χ1v) is 13.3. The van der Waals surface area contributed by atoms with Gasteiger partial charge >= 0.3 is 0 Å². The van der Waals surface area contributed by atoms with Crippen molar-refractivity contribution >= 4 is 13.2 Å². The zero-order valence-electron chi connectivity index (χ0n) is 18.5. The largest absolute Gasteiger partial charge is 0.550 e. The highest BCUT2D eigenvalue weighted by atomic mass is 31.2. The van der Waals surface area contributed by atoms with Crippen molar-refractivity contribution in [3.63, 3.8) is 0 Å². The number of hydrogen-bond donors (Lipinski definition) is 0. The van der Waals surface area contributed by atoms with Crippen LogP contribution in [0.3, 0.4) is 0 Å². The summed E-state index contributed by atoms with van der Waals surface area (Å²) in [5, 5.41) is 10.1. The highest BCUT2D eigenvalue weighted by Gasteiger charge is 2.34. The smallest absolute Gasteiger partial charge is 0.0594 e. The van der Waals surface area contributed by atoms with E-state index >= 15 is 0 Å². The Morgan fingerprint density at radius 2 is 1.00 bits per heavy atom. The van der Waals surface area contributed by atoms with Crippen LogP contribution in [0.25, 0.3) is 0 Å². The van der Waals surface area contributed by atoms with Crippen LogP contribution < -0.4 is 5.11 Å². The van der Waals surface area contributed by atoms with Crippen LogP contribution in [0.2, 0.25) is 0 Å². The van der Waals surface area contributed by atoms with Gasteiger partial charge in [0.1, 0.15) is 0 Å². The number of carboxylic acid groups (broad SMARTS) is 1. The minimum atomic E-state index is -0.972. The lowest BCUT2D eigenvalue weighted by Crippen LogP contribution is -2.37. The maximum Gasteiger partial charge on any atom is 0.0594 e. The fourth-order valence-corrected chi connectivity index (χ4v) is 8.08. The summed E-state index contributed by atoms with van der Waals surface area (Å²) in [5.41, 5.74) is -0.653. The van der Waals surface area contributed by atoms with Crippen molar-refractivity contribution in [1.29, 1.82) is 0 Å². The van der Waals surface area contributed by atoms with Gasteiger partial charge in [-0.05, 0) is 32.1 Å². The van der Waals surface area contributed by atoms with E-state index in [1.807, 2.05) is 6.92 Å². The van der Waals surface area contributed by atoms with E-state index in [1.54, 1.807) is 38.5 Å². The Hall–Kier alpha value is -0.100. The molecule has 0 N–H and O–H groups in total. The van der Waals surface area contributed by atoms with Gasteiger partial charge in [-0.15, -0.1) is 0 Å². The maximum absolute atomic E-state index is 10.1. The van der Waals surface area contributed by atoms with Crippen LogP contribution in [0.4, 0.5) is 0 Å². The highest BCUT2D eigenvalue weighted by Crippen LogP contribution is 2.61. The zero-order chi connectivity index (χ0) is 19.8. The van der Waals surface area contributed by atoms with Crippen LogP contribution in [-0.4, -0.2) is 30.6 Å². The Labute approximate surface area is 159 Å². The van der Waals surface area contributed by atoms with E-state index in [1.165, 1.54) is 51.4 Å². The number of hydrogen-bond acceptors (Lipinski definition) is 2. The molecule has 0 saturated heterocycles. The molecule has 0 aliphatic rings. The van der Waals surface area contributed by atoms with Gasteiger partial charge in [0.2, 0.25) is 0 Å². The first-order chi connectivity index (χ1) is 11.7. The van der Waals surface area contributed by atoms with Gasteiger partial charge in [0, 0.05) is 18.6 Å². The maximum atomic E-state index is 10.1. The number of aliphatic carboxylic acids is 1. The molecule has 0 amide bonds. The summed E-state index contributed by atoms with van der Waals surface area (Å²) in [5.74, 6) is -0.972. The van der Waals surface area contributed by atoms with Crippen LogP contribution in [0, 0.1) is 5.41 Å². The van der Waals surface area contributed by atoms with Gasteiger partial charge in [-0.25, -0.2) is 0 Å². The Bertz CT molecular complexity index is 276. The molecular weight excluding hydrogens is 327 g/mol. The molecule has 0 radical (unpaired) electrons. The fraction of sp³-hybridized carbons (Fsp3) is 0.955. The summed E-state index contributed by atoms with van der Waals surface area (Å²) in [7, 11) is -0.562. The molecule has 0 aromatic carbocycles. The highest BCUT2D eigenvalue weighted by molar-refractivity contribution is 7.75. The first-order valence-electron chi connectivity index (χ1n) is 10.8. The van der Waals surface area contributed by atoms with E-state index in [9.17, 15) is 9.90 Å². The SMILES string of the molecule is CCC(C)(C)C(=O)[O-].CCCC[P+](CCCC)(CCCC)CCCC. The van der Waals surface area contributed by atoms with Crippen molar-refractivity contribution in [1.82, 2.24) is 0 Å². The zero-order valence-corrected chi connectivity index (χ0v) is 19.4. The molecule has 2 nitrogen and oxygen atoms in total. The Balaban J connectivity index is 0. The van der Waals surface area contributed by atoms with Gasteiger partial charge in [-0.2, -0.15) is 0 Å². The third-order valence-corrected chi connectivity index (χ3v) is 10.4. The van der Waals surface area contributed by atoms with Gasteiger partial charge in [-0.1, -0.05) is 74.1 Å². The Morgan fingerprint density at radius 3 is 1.12 bits per heavy atom. The molecule has 0 aliphatic heterocycles. The molecular formula is C22H47O2P. The number of carbonyl (C=O) groups is 1. The molecule has 0 aliphatic carbocycles. The van der Waals surface area contributed by atoms with Gasteiger partial charge in [0.15, 0.2) is 0 Å². The Kier molecular flexibility index (Phi) is 17.5. The predicted molar refractivity (Wildman–Crippen MR) is 115 cm³/mol. The minimum Gasteiger partial charge on any atom is -0.550 e. The van der Waals surface area contributed by atoms with Crippen molar-refractivity contribution in [2.45, 2.75) is 106 Å². The van der Waals surface area contributed by atoms with Gasteiger partial charge in [0.25, 0.3) is 0 Å². The molecule has 0 rings (SSSR count). The molecule has 3 heteroatoms. The number of carbonyl (C=O) groups excluding carboxylic acids is 1. The molecule has 152 valence electrons. The molecule has 25 heavy (non-hydrogen) atoms. The average molecular weight is 375 g/mol. The second-order valence-corrected chi connectivity index (χ2v) is 12.6. The second kappa shape index (κ2) is 16.1. The quantitative estimate of drug-likeness (QED) is 0.331. The lowest BCUT2D eigenvalue weighted by atomic mass is 9.91. The monoisotopic (exact) mass is 374 g/mol. The molecule has 0 saturated carbocycles. The molecule has 0 atom stereocenters. The van der Waals surface area contributed by atoms with E-state index < -0.39 is 18.6 Å². The van der Waals surface area contributed by atoms with Gasteiger partial charge in [-0.3, -0.25) is 0 Å². The molecule has 0 unspecified atom stereocenters. The van der Waals surface area contributed by atoms with E-state index in [0.29, 0.717) is 6.42 Å². The van der Waals surface area contributed by atoms with Crippen LogP contribution in [0.1, 0.15) is 106 Å². The molecule has 0 heterocycles. The van der Waals surface area contributed by atoms with E-state index in [0.717, 1.165) is 0 Å². The van der Waals surface area contributed by atoms with E-state index in [4.69, 9.17) is 0 Å². The van der Waals surface area contributed by atoms with Crippen molar-refractivity contribution in [2.24, 2.45) is 5.41 Å². The summed E-state index contributed by atoms with van der Waals surface area (Å²) in [4.78, 5) is 10.1. The van der Waals surface area contributed by atoms with Crippen molar-refractivity contribution in [3.8, 4) is 0 Å². The summed E-state index contributed by atoms with van der Waals surface area (Å²) in [6.45, 7) is 14.6. The summed E-state index contributed by atoms with van der Waals surface area (Å²) in [6, 6.07) is 0. The number of rotatable bonds is 14. The summed E-state index contributed by atoms with van der Waals surface area (Å²) < 4.78 is 0. The van der Waals surface area contributed by atoms with E-state index in [2.05, 4.69) is 27.7 Å². The van der Waals surface area contributed by atoms with Gasteiger partial charge in [0.05, 0.1) is 24.6 Å². The molecule has 0 bridgehead atoms. The number of unbranched alkanes of at least 4 members (excludes halogenated alkanes) is 4. The molecule has 0 aromatic heterocycles. The minimum absolute atomic E-state index is 0.562. The fourth-order valence-electron chi connectivity index (χ4n) is 2.79. The van der Waals surface area contributed by atoms with Crippen molar-refractivity contribution in [3.05, 3.63) is 0 Å². The third kappa shape index (κ3) is 13.7. The molecule has 0 aromatic rings. The van der Waals surface area contributed by atoms with Gasteiger partial charge < -0.3 is 9.90 Å². The lowest BCUT2D eigenvalue weighted by Gasteiger charge is -2.28.